The van der Waals surface area contributed by atoms with Crippen molar-refractivity contribution in [2.75, 3.05) is 0 Å². The van der Waals surface area contributed by atoms with E-state index < -0.39 is 11.3 Å². The number of hydrogen-bond acceptors (Lipinski definition) is 8. The van der Waals surface area contributed by atoms with Gasteiger partial charge in [0.15, 0.2) is 11.5 Å². The first-order chi connectivity index (χ1) is 18.5. The fourth-order valence-electron chi connectivity index (χ4n) is 4.10. The molecule has 2 aromatic heterocycles. The monoisotopic (exact) mass is 506 g/mol. The van der Waals surface area contributed by atoms with Gasteiger partial charge in [0, 0.05) is 0 Å². The number of ether oxygens (including phenoxy) is 2. The Morgan fingerprint density at radius 1 is 0.553 bits per heavy atom. The molecule has 0 fully saturated rings. The summed E-state index contributed by atoms with van der Waals surface area (Å²) < 4.78 is 22.4. The van der Waals surface area contributed by atoms with Gasteiger partial charge < -0.3 is 28.5 Å². The first kappa shape index (κ1) is 22.9. The number of aromatic hydroxyl groups is 2. The van der Waals surface area contributed by atoms with Crippen molar-refractivity contribution in [3.05, 3.63) is 129 Å². The van der Waals surface area contributed by atoms with Crippen LogP contribution in [0.4, 0.5) is 0 Å². The average Bonchev–Trinajstić information content (AvgIpc) is 2.93. The second-order valence-corrected chi connectivity index (χ2v) is 8.46. The van der Waals surface area contributed by atoms with Gasteiger partial charge >= 0.3 is 11.3 Å². The highest BCUT2D eigenvalue weighted by Gasteiger charge is 2.22. The molecule has 0 atom stereocenters. The van der Waals surface area contributed by atoms with Gasteiger partial charge in [-0.2, -0.15) is 0 Å². The lowest BCUT2D eigenvalue weighted by Crippen LogP contribution is -2.11. The quantitative estimate of drug-likeness (QED) is 0.368. The molecular formula is C30H18O8. The lowest BCUT2D eigenvalue weighted by Gasteiger charge is -2.18. The maximum absolute atomic E-state index is 12.3. The van der Waals surface area contributed by atoms with Gasteiger partial charge in [0.2, 0.25) is 0 Å². The minimum absolute atomic E-state index is 0.112. The molecule has 0 saturated heterocycles. The molecule has 0 saturated carbocycles. The van der Waals surface area contributed by atoms with Crippen LogP contribution in [0.2, 0.25) is 0 Å². The molecule has 38 heavy (non-hydrogen) atoms. The molecule has 0 spiro atoms. The summed E-state index contributed by atoms with van der Waals surface area (Å²) in [5, 5.41) is 19.2. The fraction of sp³-hybridized carbons (Fsp3) is 0. The summed E-state index contributed by atoms with van der Waals surface area (Å²) in [6.07, 6.45) is 12.5. The number of rotatable bonds is 3. The molecule has 2 aliphatic heterocycles. The summed E-state index contributed by atoms with van der Waals surface area (Å²) in [5.74, 6) is 1.76. The summed E-state index contributed by atoms with van der Waals surface area (Å²) in [4.78, 5) is 24.6. The largest absolute Gasteiger partial charge is 0.508 e. The molecule has 4 aromatic rings. The summed E-state index contributed by atoms with van der Waals surface area (Å²) in [5.41, 5.74) is 1.98. The van der Waals surface area contributed by atoms with Crippen molar-refractivity contribution in [2.45, 2.75) is 0 Å². The fourth-order valence-corrected chi connectivity index (χ4v) is 4.10. The van der Waals surface area contributed by atoms with Crippen LogP contribution in [0.3, 0.4) is 0 Å². The molecule has 0 bridgehead atoms. The molecular weight excluding hydrogens is 488 g/mol. The van der Waals surface area contributed by atoms with Crippen molar-refractivity contribution < 1.29 is 28.5 Å². The zero-order valence-electron chi connectivity index (χ0n) is 19.6. The second-order valence-electron chi connectivity index (χ2n) is 8.46. The first-order valence-corrected chi connectivity index (χ1v) is 11.5. The van der Waals surface area contributed by atoms with Gasteiger partial charge in [0.05, 0.1) is 11.1 Å². The van der Waals surface area contributed by atoms with Crippen LogP contribution >= 0.6 is 0 Å². The SMILES string of the molecule is O=c1occ(-c2ccc(O)cc2)c2c1C=C/C(=C\C=C1/C=Cc3c(c(-c4ccc(O)cc4)coc3=O)O1)O2. The smallest absolute Gasteiger partial charge is 0.346 e. The maximum atomic E-state index is 12.3. The molecule has 2 aromatic carbocycles. The predicted octanol–water partition coefficient (Wildman–Crippen LogP) is 5.62. The topological polar surface area (TPSA) is 119 Å². The van der Waals surface area contributed by atoms with Gasteiger partial charge in [0.1, 0.15) is 46.7 Å². The van der Waals surface area contributed by atoms with Crippen LogP contribution < -0.4 is 20.7 Å². The Labute approximate surface area is 215 Å². The van der Waals surface area contributed by atoms with E-state index in [-0.39, 0.29) is 22.6 Å². The third-order valence-corrected chi connectivity index (χ3v) is 6.02. The van der Waals surface area contributed by atoms with Crippen molar-refractivity contribution in [3.8, 4) is 45.3 Å². The summed E-state index contributed by atoms with van der Waals surface area (Å²) in [6, 6.07) is 12.9. The Bertz CT molecular complexity index is 1660. The van der Waals surface area contributed by atoms with Crippen LogP contribution in [0.5, 0.6) is 23.0 Å². The van der Waals surface area contributed by atoms with Crippen molar-refractivity contribution in [1.29, 1.82) is 0 Å². The number of allylic oxidation sites excluding steroid dienone is 4. The van der Waals surface area contributed by atoms with Crippen LogP contribution in [-0.2, 0) is 0 Å². The van der Waals surface area contributed by atoms with Crippen LogP contribution in [0, 0.1) is 0 Å². The van der Waals surface area contributed by atoms with Gasteiger partial charge in [-0.25, -0.2) is 9.59 Å². The van der Waals surface area contributed by atoms with Gasteiger partial charge in [-0.05, 0) is 71.8 Å². The van der Waals surface area contributed by atoms with E-state index in [4.69, 9.17) is 18.3 Å². The Balaban J connectivity index is 1.33. The van der Waals surface area contributed by atoms with Gasteiger partial charge in [0.25, 0.3) is 0 Å². The van der Waals surface area contributed by atoms with Crippen molar-refractivity contribution in [1.82, 2.24) is 0 Å². The van der Waals surface area contributed by atoms with Crippen molar-refractivity contribution in [3.63, 3.8) is 0 Å². The van der Waals surface area contributed by atoms with Crippen molar-refractivity contribution >= 4 is 12.2 Å². The summed E-state index contributed by atoms with van der Waals surface area (Å²) in [7, 11) is 0. The highest BCUT2D eigenvalue weighted by atomic mass is 16.5. The lowest BCUT2D eigenvalue weighted by molar-refractivity contribution is 0.418. The molecule has 2 aliphatic rings. The maximum Gasteiger partial charge on any atom is 0.346 e. The summed E-state index contributed by atoms with van der Waals surface area (Å²) >= 11 is 0. The molecule has 0 radical (unpaired) electrons. The molecule has 8 heteroatoms. The van der Waals surface area contributed by atoms with E-state index in [2.05, 4.69) is 0 Å². The number of fused-ring (bicyclic) bond motifs is 2. The molecule has 0 unspecified atom stereocenters. The van der Waals surface area contributed by atoms with Crippen LogP contribution in [0.1, 0.15) is 11.1 Å². The van der Waals surface area contributed by atoms with E-state index >= 15 is 0 Å². The highest BCUT2D eigenvalue weighted by molar-refractivity contribution is 5.78. The number of phenolic OH excluding ortho intramolecular Hbond substituents is 2. The van der Waals surface area contributed by atoms with E-state index in [1.807, 2.05) is 0 Å². The van der Waals surface area contributed by atoms with Gasteiger partial charge in [-0.1, -0.05) is 24.3 Å². The van der Waals surface area contributed by atoms with E-state index in [0.717, 1.165) is 0 Å². The third kappa shape index (κ3) is 4.20. The minimum atomic E-state index is -0.535. The normalized spacial score (nSPS) is 15.6. The zero-order chi connectivity index (χ0) is 26.2. The standard InChI is InChI=1S/C30H18O8/c31-19-5-1-17(2-6-19)25-15-35-29(33)23-13-11-21(37-27(23)25)9-10-22-12-14-24-28(38-22)26(16-36-30(24)34)18-3-7-20(32)8-4-18/h1-16,31-32H/b21-9+,22-10+. The zero-order valence-corrected chi connectivity index (χ0v) is 19.6. The number of hydrogen-bond donors (Lipinski definition) is 2. The lowest BCUT2D eigenvalue weighted by atomic mass is 10.0. The van der Waals surface area contributed by atoms with Gasteiger partial charge in [-0.15, -0.1) is 0 Å². The second kappa shape index (κ2) is 9.18. The van der Waals surface area contributed by atoms with E-state index in [9.17, 15) is 19.8 Å². The minimum Gasteiger partial charge on any atom is -0.508 e. The first-order valence-electron chi connectivity index (χ1n) is 11.5. The third-order valence-electron chi connectivity index (χ3n) is 6.02. The average molecular weight is 506 g/mol. The molecule has 8 nitrogen and oxygen atoms in total. The molecule has 4 heterocycles. The van der Waals surface area contributed by atoms with Crippen LogP contribution in [0.15, 0.2) is 115 Å². The molecule has 0 aliphatic carbocycles. The van der Waals surface area contributed by atoms with Gasteiger partial charge in [-0.3, -0.25) is 0 Å². The Morgan fingerprint density at radius 2 is 0.947 bits per heavy atom. The molecule has 2 N–H and O–H groups in total. The Kier molecular flexibility index (Phi) is 5.54. The summed E-state index contributed by atoms with van der Waals surface area (Å²) in [6.45, 7) is 0. The number of benzene rings is 2. The van der Waals surface area contributed by atoms with E-state index in [0.29, 0.717) is 45.3 Å². The highest BCUT2D eigenvalue weighted by Crippen LogP contribution is 2.38. The number of phenols is 2. The van der Waals surface area contributed by atoms with Crippen LogP contribution in [-0.4, -0.2) is 10.2 Å². The Hall–Kier alpha value is -5.50. The molecule has 0 amide bonds. The molecule has 6 rings (SSSR count). The Morgan fingerprint density at radius 3 is 1.34 bits per heavy atom. The van der Waals surface area contributed by atoms with Crippen molar-refractivity contribution in [2.24, 2.45) is 0 Å². The molecule has 186 valence electrons. The van der Waals surface area contributed by atoms with E-state index in [1.165, 1.54) is 36.8 Å². The van der Waals surface area contributed by atoms with Crippen LogP contribution in [0.25, 0.3) is 34.4 Å². The predicted molar refractivity (Wildman–Crippen MR) is 140 cm³/mol. The van der Waals surface area contributed by atoms with E-state index in [1.54, 1.807) is 60.7 Å².